The molecule has 1 amide bonds. The van der Waals surface area contributed by atoms with Crippen LogP contribution in [-0.4, -0.2) is 48.5 Å². The molecule has 0 bridgehead atoms. The third-order valence-electron chi connectivity index (χ3n) is 4.34. The number of amides is 1. The second-order valence-corrected chi connectivity index (χ2v) is 6.72. The normalized spacial score (nSPS) is 18.4. The van der Waals surface area contributed by atoms with Crippen molar-refractivity contribution in [2.45, 2.75) is 24.9 Å². The van der Waals surface area contributed by atoms with Crippen LogP contribution < -0.4 is 0 Å². The van der Waals surface area contributed by atoms with Gasteiger partial charge in [-0.25, -0.2) is 9.97 Å². The first-order valence-corrected chi connectivity index (χ1v) is 8.83. The van der Waals surface area contributed by atoms with E-state index in [1.54, 1.807) is 15.8 Å². The van der Waals surface area contributed by atoms with Gasteiger partial charge in [0.25, 0.3) is 11.7 Å². The average Bonchev–Trinajstić information content (AvgIpc) is 3.31. The van der Waals surface area contributed by atoms with Gasteiger partial charge in [-0.2, -0.15) is 27.8 Å². The lowest BCUT2D eigenvalue weighted by atomic mass is 9.94. The first-order chi connectivity index (χ1) is 12.4. The number of hydrogen-bond donors (Lipinski definition) is 0. The molecule has 136 valence electrons. The minimum absolute atomic E-state index is 0.0993. The van der Waals surface area contributed by atoms with Crippen molar-refractivity contribution in [1.29, 1.82) is 0 Å². The third kappa shape index (κ3) is 3.02. The van der Waals surface area contributed by atoms with E-state index in [9.17, 15) is 18.0 Å². The van der Waals surface area contributed by atoms with Crippen LogP contribution in [0.1, 0.15) is 40.6 Å². The Bertz CT molecular complexity index is 939. The third-order valence-corrected chi connectivity index (χ3v) is 4.93. The predicted octanol–water partition coefficient (Wildman–Crippen LogP) is 2.62. The van der Waals surface area contributed by atoms with E-state index in [0.29, 0.717) is 36.1 Å². The monoisotopic (exact) mass is 382 g/mol. The summed E-state index contributed by atoms with van der Waals surface area (Å²) in [5, 5.41) is 5.26. The van der Waals surface area contributed by atoms with Crippen LogP contribution in [0.4, 0.5) is 13.2 Å². The fraction of sp³-hybridized carbons (Fsp3) is 0.400. The molecule has 3 aromatic rings. The molecule has 0 radical (unpaired) electrons. The van der Waals surface area contributed by atoms with E-state index in [0.717, 1.165) is 12.4 Å². The number of fused-ring (bicyclic) bond motifs is 1. The van der Waals surface area contributed by atoms with Crippen LogP contribution >= 0.6 is 11.3 Å². The van der Waals surface area contributed by atoms with Gasteiger partial charge in [0.2, 0.25) is 0 Å². The van der Waals surface area contributed by atoms with Crippen molar-refractivity contribution in [1.82, 2.24) is 29.5 Å². The van der Waals surface area contributed by atoms with E-state index < -0.39 is 11.9 Å². The van der Waals surface area contributed by atoms with Crippen LogP contribution in [0.25, 0.3) is 5.78 Å². The topological polar surface area (TPSA) is 76.3 Å². The Kier molecular flexibility index (Phi) is 4.10. The summed E-state index contributed by atoms with van der Waals surface area (Å²) in [5.41, 5.74) is 1.28. The summed E-state index contributed by atoms with van der Waals surface area (Å²) < 4.78 is 40.7. The van der Waals surface area contributed by atoms with Gasteiger partial charge in [0.05, 0.1) is 11.2 Å². The standard InChI is InChI=1S/C15H13F3N6OS/c16-15(17,18)12-4-10(22-14-19-7-21-24(12)14)9-2-1-3-23(5-9)13(25)11-6-26-8-20-11/h4,6-9H,1-3,5H2. The van der Waals surface area contributed by atoms with Gasteiger partial charge < -0.3 is 4.90 Å². The van der Waals surface area contributed by atoms with E-state index in [1.165, 1.54) is 11.3 Å². The number of hydrogen-bond acceptors (Lipinski definition) is 6. The molecule has 0 spiro atoms. The summed E-state index contributed by atoms with van der Waals surface area (Å²) in [5.74, 6) is -0.609. The van der Waals surface area contributed by atoms with Gasteiger partial charge >= 0.3 is 6.18 Å². The van der Waals surface area contributed by atoms with Crippen LogP contribution in [0.2, 0.25) is 0 Å². The lowest BCUT2D eigenvalue weighted by molar-refractivity contribution is -0.142. The number of carbonyl (C=O) groups is 1. The molecule has 4 heterocycles. The fourth-order valence-corrected chi connectivity index (χ4v) is 3.65. The highest BCUT2D eigenvalue weighted by atomic mass is 32.1. The Labute approximate surface area is 149 Å². The van der Waals surface area contributed by atoms with Gasteiger partial charge in [-0.05, 0) is 18.9 Å². The highest BCUT2D eigenvalue weighted by Gasteiger charge is 2.36. The maximum absolute atomic E-state index is 13.3. The first-order valence-electron chi connectivity index (χ1n) is 7.89. The molecule has 1 aliphatic rings. The lowest BCUT2D eigenvalue weighted by Gasteiger charge is -2.32. The largest absolute Gasteiger partial charge is 0.433 e. The van der Waals surface area contributed by atoms with E-state index in [-0.39, 0.29) is 23.3 Å². The molecule has 0 saturated carbocycles. The Morgan fingerprint density at radius 3 is 2.88 bits per heavy atom. The number of rotatable bonds is 2. The summed E-state index contributed by atoms with van der Waals surface area (Å²) in [7, 11) is 0. The van der Waals surface area contributed by atoms with Crippen molar-refractivity contribution in [2.75, 3.05) is 13.1 Å². The number of likely N-dealkylation sites (tertiary alicyclic amines) is 1. The van der Waals surface area contributed by atoms with Crippen molar-refractivity contribution in [2.24, 2.45) is 0 Å². The van der Waals surface area contributed by atoms with E-state index >= 15 is 0 Å². The highest BCUT2D eigenvalue weighted by molar-refractivity contribution is 7.07. The summed E-state index contributed by atoms with van der Waals surface area (Å²) in [6.45, 7) is 0.844. The van der Waals surface area contributed by atoms with Crippen molar-refractivity contribution < 1.29 is 18.0 Å². The molecular formula is C15H13F3N6OS. The molecule has 0 N–H and O–H groups in total. The number of thiazole rings is 1. The Morgan fingerprint density at radius 2 is 2.15 bits per heavy atom. The lowest BCUT2D eigenvalue weighted by Crippen LogP contribution is -2.39. The van der Waals surface area contributed by atoms with E-state index in [1.807, 2.05) is 0 Å². The fourth-order valence-electron chi connectivity index (χ4n) is 3.12. The number of piperidine rings is 1. The molecule has 0 aliphatic carbocycles. The van der Waals surface area contributed by atoms with Crippen LogP contribution in [0, 0.1) is 0 Å². The zero-order valence-electron chi connectivity index (χ0n) is 13.3. The molecule has 4 rings (SSSR count). The van der Waals surface area contributed by atoms with Crippen molar-refractivity contribution in [3.8, 4) is 0 Å². The van der Waals surface area contributed by atoms with Gasteiger partial charge in [0.15, 0.2) is 5.69 Å². The van der Waals surface area contributed by atoms with Gasteiger partial charge in [-0.1, -0.05) is 0 Å². The Hall–Kier alpha value is -2.56. The minimum atomic E-state index is -4.57. The zero-order chi connectivity index (χ0) is 18.3. The van der Waals surface area contributed by atoms with Crippen molar-refractivity contribution >= 4 is 23.0 Å². The van der Waals surface area contributed by atoms with E-state index in [4.69, 9.17) is 0 Å². The Balaban J connectivity index is 1.66. The van der Waals surface area contributed by atoms with Gasteiger partial charge in [0.1, 0.15) is 12.0 Å². The van der Waals surface area contributed by atoms with Gasteiger partial charge in [0, 0.05) is 24.4 Å². The zero-order valence-corrected chi connectivity index (χ0v) is 14.2. The highest BCUT2D eigenvalue weighted by Crippen LogP contribution is 2.33. The first kappa shape index (κ1) is 16.9. The number of carbonyl (C=O) groups excluding carboxylic acids is 1. The summed E-state index contributed by atoms with van der Waals surface area (Å²) in [6.07, 6.45) is -2.20. The smallest absolute Gasteiger partial charge is 0.337 e. The minimum Gasteiger partial charge on any atom is -0.337 e. The second kappa shape index (κ2) is 6.31. The molecule has 1 aliphatic heterocycles. The summed E-state index contributed by atoms with van der Waals surface area (Å²) in [4.78, 5) is 26.1. The SMILES string of the molecule is O=C(c1cscn1)N1CCCC(c2cc(C(F)(F)F)n3ncnc3n2)C1. The number of alkyl halides is 3. The molecule has 3 aromatic heterocycles. The van der Waals surface area contributed by atoms with Crippen LogP contribution in [0.3, 0.4) is 0 Å². The number of nitrogens with zero attached hydrogens (tertiary/aromatic N) is 6. The Morgan fingerprint density at radius 1 is 1.31 bits per heavy atom. The number of halogens is 3. The van der Waals surface area contributed by atoms with E-state index in [2.05, 4.69) is 20.1 Å². The van der Waals surface area contributed by atoms with Gasteiger partial charge in [-0.15, -0.1) is 11.3 Å². The summed E-state index contributed by atoms with van der Waals surface area (Å²) in [6, 6.07) is 1.00. The molecule has 7 nitrogen and oxygen atoms in total. The molecule has 0 aromatic carbocycles. The molecular weight excluding hydrogens is 369 g/mol. The van der Waals surface area contributed by atoms with Crippen LogP contribution in [0.15, 0.2) is 23.3 Å². The maximum atomic E-state index is 13.3. The summed E-state index contributed by atoms with van der Waals surface area (Å²) >= 11 is 1.32. The molecule has 11 heteroatoms. The molecule has 1 saturated heterocycles. The second-order valence-electron chi connectivity index (χ2n) is 6.00. The molecule has 1 unspecified atom stereocenters. The predicted molar refractivity (Wildman–Crippen MR) is 85.8 cm³/mol. The van der Waals surface area contributed by atoms with Crippen LogP contribution in [0.5, 0.6) is 0 Å². The number of aromatic nitrogens is 5. The van der Waals surface area contributed by atoms with Crippen molar-refractivity contribution in [3.05, 3.63) is 40.4 Å². The maximum Gasteiger partial charge on any atom is 0.433 e. The molecule has 1 fully saturated rings. The average molecular weight is 382 g/mol. The molecule has 26 heavy (non-hydrogen) atoms. The molecule has 1 atom stereocenters. The quantitative estimate of drug-likeness (QED) is 0.681. The van der Waals surface area contributed by atoms with Gasteiger partial charge in [-0.3, -0.25) is 4.79 Å². The van der Waals surface area contributed by atoms with Crippen LogP contribution in [-0.2, 0) is 6.18 Å². The van der Waals surface area contributed by atoms with Crippen molar-refractivity contribution in [3.63, 3.8) is 0 Å².